The van der Waals surface area contributed by atoms with Gasteiger partial charge in [-0.2, -0.15) is 5.10 Å². The summed E-state index contributed by atoms with van der Waals surface area (Å²) in [5.41, 5.74) is 12.0. The maximum Gasteiger partial charge on any atom is 0.252 e. The quantitative estimate of drug-likeness (QED) is 0.375. The topological polar surface area (TPSA) is 127 Å². The van der Waals surface area contributed by atoms with Gasteiger partial charge in [0.25, 0.3) is 5.91 Å². The molecule has 11 heteroatoms. The number of carbonyl (C=O) groups is 1. The molecule has 1 amide bonds. The van der Waals surface area contributed by atoms with Crippen LogP contribution >= 0.6 is 0 Å². The normalized spacial score (nSPS) is 13.2. The van der Waals surface area contributed by atoms with E-state index in [1.54, 1.807) is 32.1 Å². The molecule has 34 heavy (non-hydrogen) atoms. The van der Waals surface area contributed by atoms with Crippen molar-refractivity contribution in [2.75, 3.05) is 29.6 Å². The van der Waals surface area contributed by atoms with Crippen LogP contribution in [0.15, 0.2) is 18.2 Å². The van der Waals surface area contributed by atoms with Crippen LogP contribution in [0, 0.1) is 17.6 Å². The maximum absolute atomic E-state index is 15.0. The third kappa shape index (κ3) is 5.19. The molecule has 0 fully saturated rings. The molecule has 0 aliphatic heterocycles. The molecule has 0 aliphatic carbocycles. The number of nitrogens with zero attached hydrogens (tertiary/aromatic N) is 4. The summed E-state index contributed by atoms with van der Waals surface area (Å²) >= 11 is 0. The summed E-state index contributed by atoms with van der Waals surface area (Å²) < 4.78 is 31.2. The molecule has 0 radical (unpaired) electrons. The number of amides is 1. The van der Waals surface area contributed by atoms with Crippen molar-refractivity contribution in [1.82, 2.24) is 14.8 Å². The molecule has 6 N–H and O–H groups in total. The van der Waals surface area contributed by atoms with Crippen LogP contribution in [-0.2, 0) is 7.05 Å². The molecule has 0 unspecified atom stereocenters. The Morgan fingerprint density at radius 3 is 2.38 bits per heavy atom. The molecular formula is C23H32F2N8O. The van der Waals surface area contributed by atoms with E-state index in [-0.39, 0.29) is 29.3 Å². The number of hydrogen-bond donors (Lipinski definition) is 4. The minimum Gasteiger partial charge on any atom is -0.365 e. The van der Waals surface area contributed by atoms with Gasteiger partial charge in [0.15, 0.2) is 23.3 Å². The van der Waals surface area contributed by atoms with Crippen LogP contribution < -0.4 is 27.0 Å². The van der Waals surface area contributed by atoms with Crippen LogP contribution in [-0.4, -0.2) is 46.9 Å². The Kier molecular flexibility index (Phi) is 7.25. The first-order chi connectivity index (χ1) is 15.9. The second kappa shape index (κ2) is 9.80. The fourth-order valence-corrected chi connectivity index (χ4v) is 3.85. The van der Waals surface area contributed by atoms with Crippen molar-refractivity contribution in [2.45, 2.75) is 39.3 Å². The Labute approximate surface area is 197 Å². The number of pyridine rings is 1. The van der Waals surface area contributed by atoms with Gasteiger partial charge in [-0.15, -0.1) is 0 Å². The second-order valence-corrected chi connectivity index (χ2v) is 9.14. The van der Waals surface area contributed by atoms with Gasteiger partial charge in [0, 0.05) is 44.3 Å². The number of anilines is 4. The third-order valence-electron chi connectivity index (χ3n) is 5.48. The number of nitrogens with one attached hydrogen (secondary N) is 2. The molecule has 0 saturated heterocycles. The van der Waals surface area contributed by atoms with Gasteiger partial charge >= 0.3 is 0 Å². The summed E-state index contributed by atoms with van der Waals surface area (Å²) in [4.78, 5) is 18.1. The molecule has 0 bridgehead atoms. The Morgan fingerprint density at radius 1 is 1.15 bits per heavy atom. The fraction of sp³-hybridized carbons (Fsp3) is 0.435. The zero-order valence-corrected chi connectivity index (χ0v) is 20.3. The highest BCUT2D eigenvalue weighted by Gasteiger charge is 2.22. The van der Waals surface area contributed by atoms with E-state index in [4.69, 9.17) is 11.5 Å². The Balaban J connectivity index is 2.06. The van der Waals surface area contributed by atoms with Gasteiger partial charge in [-0.1, -0.05) is 13.8 Å². The highest BCUT2D eigenvalue weighted by molar-refractivity contribution is 5.99. The number of primary amides is 1. The minimum absolute atomic E-state index is 0.00147. The predicted molar refractivity (Wildman–Crippen MR) is 132 cm³/mol. The minimum atomic E-state index is -0.872. The number of nitrogens with two attached hydrogens (primary N) is 2. The smallest absolute Gasteiger partial charge is 0.252 e. The number of fused-ring (bicyclic) bond motifs is 1. The summed E-state index contributed by atoms with van der Waals surface area (Å²) in [5, 5.41) is 10.9. The Bertz CT molecular complexity index is 1210. The number of aryl methyl sites for hydroxylation is 1. The van der Waals surface area contributed by atoms with Crippen LogP contribution in [0.25, 0.3) is 10.9 Å². The molecule has 1 aromatic carbocycles. The van der Waals surface area contributed by atoms with Gasteiger partial charge in [0.1, 0.15) is 11.3 Å². The number of carbonyl (C=O) groups excluding carboxylic acids is 1. The number of rotatable bonds is 9. The zero-order chi connectivity index (χ0) is 25.3. The van der Waals surface area contributed by atoms with E-state index in [2.05, 4.69) is 20.7 Å². The molecule has 2 aromatic heterocycles. The van der Waals surface area contributed by atoms with Crippen molar-refractivity contribution >= 4 is 40.0 Å². The molecule has 9 nitrogen and oxygen atoms in total. The van der Waals surface area contributed by atoms with Gasteiger partial charge < -0.3 is 27.0 Å². The molecule has 0 aliphatic rings. The van der Waals surface area contributed by atoms with Crippen molar-refractivity contribution in [3.05, 3.63) is 35.4 Å². The van der Waals surface area contributed by atoms with Crippen molar-refractivity contribution < 1.29 is 13.6 Å². The van der Waals surface area contributed by atoms with Gasteiger partial charge in [-0.3, -0.25) is 9.48 Å². The molecule has 2 heterocycles. The molecule has 0 spiro atoms. The molecule has 0 saturated carbocycles. The molecule has 3 rings (SSSR count). The maximum atomic E-state index is 15.0. The van der Waals surface area contributed by atoms with E-state index in [0.29, 0.717) is 34.7 Å². The van der Waals surface area contributed by atoms with Crippen LogP contribution in [0.2, 0.25) is 0 Å². The first kappa shape index (κ1) is 25.2. The van der Waals surface area contributed by atoms with Crippen LogP contribution in [0.1, 0.15) is 37.6 Å². The predicted octanol–water partition coefficient (Wildman–Crippen LogP) is 3.33. The molecule has 184 valence electrons. The Hall–Kier alpha value is -3.47. The van der Waals surface area contributed by atoms with Crippen molar-refractivity contribution in [1.29, 1.82) is 0 Å². The summed E-state index contributed by atoms with van der Waals surface area (Å²) in [6, 6.07) is 3.43. The van der Waals surface area contributed by atoms with Gasteiger partial charge in [0.2, 0.25) is 0 Å². The number of benzene rings is 1. The SMILES string of the molecule is CC(C)C[C@@H](Nc1nc(Nc2cc(F)c3c(c2)c(N(C)C)nn3C)c(C(N)=O)cc1F)[C@H](C)N. The summed E-state index contributed by atoms with van der Waals surface area (Å²) in [6.07, 6.45) is 0.690. The lowest BCUT2D eigenvalue weighted by Crippen LogP contribution is -2.39. The van der Waals surface area contributed by atoms with E-state index in [9.17, 15) is 13.6 Å². The Morgan fingerprint density at radius 2 is 1.82 bits per heavy atom. The fourth-order valence-electron chi connectivity index (χ4n) is 3.85. The lowest BCUT2D eigenvalue weighted by molar-refractivity contribution is 0.100. The standard InChI is InChI=1S/C23H32F2N8O/c1-11(2)7-18(12(3)26)29-22-17(25)10-15(20(27)34)21(30-22)28-13-8-14-19(16(24)9-13)33(6)31-23(14)32(4)5/h8-12,18H,7,26H2,1-6H3,(H2,27,34)(H2,28,29,30)/t12-,18+/m0/s1. The first-order valence-electron chi connectivity index (χ1n) is 11.0. The first-order valence-corrected chi connectivity index (χ1v) is 11.0. The largest absolute Gasteiger partial charge is 0.365 e. The third-order valence-corrected chi connectivity index (χ3v) is 5.48. The summed E-state index contributed by atoms with van der Waals surface area (Å²) in [7, 11) is 5.26. The average Bonchev–Trinajstić information content (AvgIpc) is 3.06. The average molecular weight is 475 g/mol. The molecule has 2 atom stereocenters. The highest BCUT2D eigenvalue weighted by Crippen LogP contribution is 2.32. The van der Waals surface area contributed by atoms with Gasteiger partial charge in [-0.25, -0.2) is 13.8 Å². The number of aromatic nitrogens is 3. The van der Waals surface area contributed by atoms with Gasteiger partial charge in [-0.05, 0) is 37.5 Å². The lowest BCUT2D eigenvalue weighted by atomic mass is 9.99. The number of halogens is 2. The molecule has 3 aromatic rings. The van der Waals surface area contributed by atoms with E-state index in [1.807, 2.05) is 20.8 Å². The summed E-state index contributed by atoms with van der Waals surface area (Å²) in [5.74, 6) is -1.32. The molecular weight excluding hydrogens is 442 g/mol. The van der Waals surface area contributed by atoms with E-state index in [0.717, 1.165) is 6.07 Å². The van der Waals surface area contributed by atoms with Crippen molar-refractivity contribution in [3.8, 4) is 0 Å². The van der Waals surface area contributed by atoms with Crippen molar-refractivity contribution in [3.63, 3.8) is 0 Å². The zero-order valence-electron chi connectivity index (χ0n) is 20.3. The second-order valence-electron chi connectivity index (χ2n) is 9.14. The van der Waals surface area contributed by atoms with Crippen LogP contribution in [0.5, 0.6) is 0 Å². The van der Waals surface area contributed by atoms with E-state index < -0.39 is 17.5 Å². The monoisotopic (exact) mass is 474 g/mol. The number of hydrogen-bond acceptors (Lipinski definition) is 7. The summed E-state index contributed by atoms with van der Waals surface area (Å²) in [6.45, 7) is 5.90. The van der Waals surface area contributed by atoms with Crippen LogP contribution in [0.3, 0.4) is 0 Å². The lowest BCUT2D eigenvalue weighted by Gasteiger charge is -2.25. The highest BCUT2D eigenvalue weighted by atomic mass is 19.1. The van der Waals surface area contributed by atoms with Gasteiger partial charge in [0.05, 0.1) is 5.56 Å². The van der Waals surface area contributed by atoms with E-state index in [1.165, 1.54) is 10.7 Å². The van der Waals surface area contributed by atoms with Crippen LogP contribution in [0.4, 0.5) is 31.9 Å². The van der Waals surface area contributed by atoms with E-state index >= 15 is 0 Å². The van der Waals surface area contributed by atoms with Crippen molar-refractivity contribution in [2.24, 2.45) is 24.4 Å².